The summed E-state index contributed by atoms with van der Waals surface area (Å²) in [4.78, 5) is 23.9. The molecule has 2 N–H and O–H groups in total. The number of carbonyl (C=O) groups is 2. The monoisotopic (exact) mass is 382 g/mol. The molecule has 1 fully saturated rings. The number of rotatable bonds is 6. The van der Waals surface area contributed by atoms with E-state index in [1.54, 1.807) is 0 Å². The van der Waals surface area contributed by atoms with Crippen LogP contribution in [0.5, 0.6) is 0 Å². The van der Waals surface area contributed by atoms with Crippen molar-refractivity contribution in [1.82, 2.24) is 10.6 Å². The Bertz CT molecular complexity index is 678. The number of alkyl carbamates (subject to hydrolysis) is 2. The van der Waals surface area contributed by atoms with Crippen molar-refractivity contribution in [2.24, 2.45) is 0 Å². The summed E-state index contributed by atoms with van der Waals surface area (Å²) in [6.45, 7) is 0.521. The molecule has 3 rings (SSSR count). The van der Waals surface area contributed by atoms with E-state index in [4.69, 9.17) is 9.47 Å². The highest BCUT2D eigenvalue weighted by Gasteiger charge is 2.24. The zero-order chi connectivity index (χ0) is 19.6. The van der Waals surface area contributed by atoms with Crippen molar-refractivity contribution in [2.75, 3.05) is 0 Å². The van der Waals surface area contributed by atoms with Gasteiger partial charge in [0.25, 0.3) is 0 Å². The lowest BCUT2D eigenvalue weighted by Gasteiger charge is -2.29. The van der Waals surface area contributed by atoms with Gasteiger partial charge < -0.3 is 20.1 Å². The lowest BCUT2D eigenvalue weighted by atomic mass is 9.91. The van der Waals surface area contributed by atoms with E-state index in [9.17, 15) is 9.59 Å². The van der Waals surface area contributed by atoms with E-state index in [2.05, 4.69) is 10.6 Å². The van der Waals surface area contributed by atoms with Crippen molar-refractivity contribution in [2.45, 2.75) is 51.0 Å². The van der Waals surface area contributed by atoms with Crippen molar-refractivity contribution in [3.8, 4) is 0 Å². The van der Waals surface area contributed by atoms with Crippen LogP contribution in [0.2, 0.25) is 0 Å². The van der Waals surface area contributed by atoms with Gasteiger partial charge in [0, 0.05) is 12.1 Å². The quantitative estimate of drug-likeness (QED) is 0.787. The summed E-state index contributed by atoms with van der Waals surface area (Å²) in [6, 6.07) is 19.3. The van der Waals surface area contributed by atoms with Gasteiger partial charge in [0.05, 0.1) is 0 Å². The van der Waals surface area contributed by atoms with E-state index in [1.807, 2.05) is 60.7 Å². The van der Waals surface area contributed by atoms with Gasteiger partial charge in [-0.05, 0) is 36.8 Å². The van der Waals surface area contributed by atoms with E-state index >= 15 is 0 Å². The molecule has 2 aromatic carbocycles. The summed E-state index contributed by atoms with van der Waals surface area (Å²) in [6.07, 6.45) is 2.38. The van der Waals surface area contributed by atoms with Gasteiger partial charge in [0.15, 0.2) is 0 Å². The Labute approximate surface area is 165 Å². The maximum absolute atomic E-state index is 11.9. The van der Waals surface area contributed by atoms with E-state index < -0.39 is 12.2 Å². The summed E-state index contributed by atoms with van der Waals surface area (Å²) in [5, 5.41) is 5.81. The average molecular weight is 382 g/mol. The number of ether oxygens (including phenoxy) is 2. The molecule has 0 unspecified atom stereocenters. The van der Waals surface area contributed by atoms with Gasteiger partial charge in [0.2, 0.25) is 0 Å². The molecular formula is C22H26N2O4. The molecule has 28 heavy (non-hydrogen) atoms. The fourth-order valence-corrected chi connectivity index (χ4v) is 3.24. The molecule has 0 aliphatic heterocycles. The Morgan fingerprint density at radius 1 is 0.679 bits per heavy atom. The Hall–Kier alpha value is -3.02. The fraction of sp³-hybridized carbons (Fsp3) is 0.364. The Morgan fingerprint density at radius 3 is 1.39 bits per heavy atom. The SMILES string of the molecule is O=C(NC1CCC(NC(=O)OCc2ccccc2)CC1)OCc1ccccc1. The maximum atomic E-state index is 11.9. The van der Waals surface area contributed by atoms with E-state index in [1.165, 1.54) is 0 Å². The van der Waals surface area contributed by atoms with Crippen molar-refractivity contribution in [3.63, 3.8) is 0 Å². The molecule has 148 valence electrons. The van der Waals surface area contributed by atoms with Crippen molar-refractivity contribution < 1.29 is 19.1 Å². The molecule has 0 atom stereocenters. The molecule has 2 aromatic rings. The first-order valence-electron chi connectivity index (χ1n) is 9.63. The summed E-state index contributed by atoms with van der Waals surface area (Å²) in [5.74, 6) is 0. The number of nitrogens with one attached hydrogen (secondary N) is 2. The molecule has 1 saturated carbocycles. The normalized spacial score (nSPS) is 18.7. The van der Waals surface area contributed by atoms with E-state index in [0.29, 0.717) is 0 Å². The van der Waals surface area contributed by atoms with Gasteiger partial charge in [-0.15, -0.1) is 0 Å². The Balaban J connectivity index is 1.30. The molecule has 0 radical (unpaired) electrons. The third-order valence-corrected chi connectivity index (χ3v) is 4.80. The third kappa shape index (κ3) is 6.61. The van der Waals surface area contributed by atoms with Crippen molar-refractivity contribution >= 4 is 12.2 Å². The smallest absolute Gasteiger partial charge is 0.407 e. The lowest BCUT2D eigenvalue weighted by molar-refractivity contribution is 0.125. The summed E-state index contributed by atoms with van der Waals surface area (Å²) >= 11 is 0. The number of carbonyl (C=O) groups excluding carboxylic acids is 2. The highest BCUT2D eigenvalue weighted by molar-refractivity contribution is 5.68. The van der Waals surface area contributed by atoms with Crippen LogP contribution in [-0.4, -0.2) is 24.3 Å². The molecule has 0 heterocycles. The number of benzene rings is 2. The van der Waals surface area contributed by atoms with Gasteiger partial charge in [-0.3, -0.25) is 0 Å². The first kappa shape index (κ1) is 19.7. The second-order valence-corrected chi connectivity index (χ2v) is 6.96. The standard InChI is InChI=1S/C22H26N2O4/c25-21(27-15-17-7-3-1-4-8-17)23-19-11-13-20(14-12-19)24-22(26)28-16-18-9-5-2-6-10-18/h1-10,19-20H,11-16H2,(H,23,25)(H,24,26). The number of amides is 2. The molecule has 0 bridgehead atoms. The van der Waals surface area contributed by atoms with Crippen LogP contribution in [0.4, 0.5) is 9.59 Å². The minimum absolute atomic E-state index is 0.0710. The van der Waals surface area contributed by atoms with E-state index in [0.717, 1.165) is 36.8 Å². The first-order valence-corrected chi connectivity index (χ1v) is 9.63. The first-order chi connectivity index (χ1) is 13.7. The Kier molecular flexibility index (Phi) is 7.29. The van der Waals surface area contributed by atoms with Gasteiger partial charge in [-0.25, -0.2) is 9.59 Å². The summed E-state index contributed by atoms with van der Waals surface area (Å²) in [5.41, 5.74) is 1.92. The molecule has 1 aliphatic rings. The second-order valence-electron chi connectivity index (χ2n) is 6.96. The van der Waals surface area contributed by atoms with Crippen LogP contribution in [0.25, 0.3) is 0 Å². The molecule has 6 nitrogen and oxygen atoms in total. The lowest BCUT2D eigenvalue weighted by Crippen LogP contribution is -2.44. The van der Waals surface area contributed by atoms with Crippen molar-refractivity contribution in [3.05, 3.63) is 71.8 Å². The van der Waals surface area contributed by atoms with Crippen LogP contribution in [-0.2, 0) is 22.7 Å². The molecular weight excluding hydrogens is 356 g/mol. The highest BCUT2D eigenvalue weighted by Crippen LogP contribution is 2.19. The van der Waals surface area contributed by atoms with Gasteiger partial charge in [-0.1, -0.05) is 60.7 Å². The largest absolute Gasteiger partial charge is 0.445 e. The zero-order valence-corrected chi connectivity index (χ0v) is 15.8. The van der Waals surface area contributed by atoms with Crippen LogP contribution in [0.15, 0.2) is 60.7 Å². The minimum atomic E-state index is -0.400. The maximum Gasteiger partial charge on any atom is 0.407 e. The van der Waals surface area contributed by atoms with Gasteiger partial charge in [-0.2, -0.15) is 0 Å². The molecule has 0 spiro atoms. The Morgan fingerprint density at radius 2 is 1.04 bits per heavy atom. The average Bonchev–Trinajstić information content (AvgIpc) is 2.74. The minimum Gasteiger partial charge on any atom is -0.445 e. The van der Waals surface area contributed by atoms with Gasteiger partial charge >= 0.3 is 12.2 Å². The second kappa shape index (κ2) is 10.3. The zero-order valence-electron chi connectivity index (χ0n) is 15.8. The van der Waals surface area contributed by atoms with Crippen LogP contribution < -0.4 is 10.6 Å². The predicted octanol–water partition coefficient (Wildman–Crippen LogP) is 4.15. The van der Waals surface area contributed by atoms with Crippen LogP contribution in [0, 0.1) is 0 Å². The van der Waals surface area contributed by atoms with Crippen LogP contribution >= 0.6 is 0 Å². The molecule has 6 heteroatoms. The topological polar surface area (TPSA) is 76.7 Å². The molecule has 1 aliphatic carbocycles. The number of hydrogen-bond acceptors (Lipinski definition) is 4. The van der Waals surface area contributed by atoms with E-state index in [-0.39, 0.29) is 25.3 Å². The van der Waals surface area contributed by atoms with Crippen LogP contribution in [0.3, 0.4) is 0 Å². The fourth-order valence-electron chi connectivity index (χ4n) is 3.24. The third-order valence-electron chi connectivity index (χ3n) is 4.80. The molecule has 0 aromatic heterocycles. The molecule has 2 amide bonds. The number of hydrogen-bond donors (Lipinski definition) is 2. The highest BCUT2D eigenvalue weighted by atomic mass is 16.6. The summed E-state index contributed by atoms with van der Waals surface area (Å²) in [7, 11) is 0. The molecule has 0 saturated heterocycles. The predicted molar refractivity (Wildman–Crippen MR) is 106 cm³/mol. The van der Waals surface area contributed by atoms with Crippen LogP contribution in [0.1, 0.15) is 36.8 Å². The summed E-state index contributed by atoms with van der Waals surface area (Å²) < 4.78 is 10.5. The van der Waals surface area contributed by atoms with Gasteiger partial charge in [0.1, 0.15) is 13.2 Å². The van der Waals surface area contributed by atoms with Crippen molar-refractivity contribution in [1.29, 1.82) is 0 Å².